The van der Waals surface area contributed by atoms with Gasteiger partial charge in [-0.2, -0.15) is 9.49 Å². The molecule has 6 rings (SSSR count). The Morgan fingerprint density at radius 2 is 1.78 bits per heavy atom. The van der Waals surface area contributed by atoms with Crippen LogP contribution in [0.5, 0.6) is 5.75 Å². The molecule has 1 aromatic carbocycles. The van der Waals surface area contributed by atoms with Gasteiger partial charge in [0.2, 0.25) is 0 Å². The number of H-pyrrole nitrogens is 2. The summed E-state index contributed by atoms with van der Waals surface area (Å²) >= 11 is 1.11. The highest BCUT2D eigenvalue weighted by atomic mass is 32.1. The number of nitrogens with one attached hydrogen (secondary N) is 2. The van der Waals surface area contributed by atoms with Gasteiger partial charge in [0.05, 0.1) is 36.2 Å². The molecule has 0 aliphatic carbocycles. The number of ether oxygens (including phenoxy) is 1. The van der Waals surface area contributed by atoms with Gasteiger partial charge in [-0.15, -0.1) is 11.3 Å². The molecule has 156 valence electrons. The summed E-state index contributed by atoms with van der Waals surface area (Å²) in [5.41, 5.74) is 6.32. The minimum atomic E-state index is -0.217. The first kappa shape index (κ1) is 18.7. The van der Waals surface area contributed by atoms with E-state index in [1.54, 1.807) is 31.8 Å². The first-order valence-electron chi connectivity index (χ1n) is 9.90. The first-order valence-corrected chi connectivity index (χ1v) is 10.7. The average molecular weight is 441 g/mol. The SMILES string of the molecule is COc1cncc(-c2ccc3[nH]nc(-c4cc5c(-c6ccc(F)s6)cncc5[nH]4)c3c2)c1. The van der Waals surface area contributed by atoms with Crippen LogP contribution in [-0.4, -0.2) is 32.3 Å². The van der Waals surface area contributed by atoms with Crippen LogP contribution in [0.1, 0.15) is 0 Å². The second-order valence-corrected chi connectivity index (χ2v) is 8.42. The van der Waals surface area contributed by atoms with E-state index in [1.165, 1.54) is 6.07 Å². The van der Waals surface area contributed by atoms with Gasteiger partial charge in [0.25, 0.3) is 0 Å². The highest BCUT2D eigenvalue weighted by Gasteiger charge is 2.15. The second kappa shape index (κ2) is 7.28. The number of nitrogens with zero attached hydrogens (tertiary/aromatic N) is 3. The molecule has 5 heterocycles. The van der Waals surface area contributed by atoms with Crippen molar-refractivity contribution in [1.29, 1.82) is 0 Å². The van der Waals surface area contributed by atoms with Crippen LogP contribution in [0.4, 0.5) is 4.39 Å². The zero-order valence-corrected chi connectivity index (χ0v) is 17.7. The topological polar surface area (TPSA) is 79.5 Å². The fourth-order valence-corrected chi connectivity index (χ4v) is 4.68. The van der Waals surface area contributed by atoms with Gasteiger partial charge in [-0.1, -0.05) is 6.07 Å². The third kappa shape index (κ3) is 3.04. The minimum absolute atomic E-state index is 0.217. The lowest BCUT2D eigenvalue weighted by Crippen LogP contribution is -1.86. The van der Waals surface area contributed by atoms with Crippen LogP contribution in [0.25, 0.3) is 54.8 Å². The lowest BCUT2D eigenvalue weighted by molar-refractivity contribution is 0.413. The van der Waals surface area contributed by atoms with Gasteiger partial charge in [-0.25, -0.2) is 0 Å². The normalized spacial score (nSPS) is 11.4. The van der Waals surface area contributed by atoms with E-state index in [-0.39, 0.29) is 5.13 Å². The Labute approximate surface area is 185 Å². The minimum Gasteiger partial charge on any atom is -0.495 e. The molecule has 0 radical (unpaired) electrons. The maximum absolute atomic E-state index is 13.6. The summed E-state index contributed by atoms with van der Waals surface area (Å²) in [7, 11) is 1.63. The van der Waals surface area contributed by atoms with Gasteiger partial charge in [0.1, 0.15) is 11.4 Å². The van der Waals surface area contributed by atoms with Crippen molar-refractivity contribution in [2.24, 2.45) is 0 Å². The van der Waals surface area contributed by atoms with E-state index < -0.39 is 0 Å². The number of pyridine rings is 2. The molecule has 6 aromatic rings. The summed E-state index contributed by atoms with van der Waals surface area (Å²) in [5, 5.41) is 9.41. The number of hydrogen-bond donors (Lipinski definition) is 2. The molecule has 0 fully saturated rings. The maximum atomic E-state index is 13.6. The van der Waals surface area contributed by atoms with Crippen LogP contribution in [0.3, 0.4) is 0 Å². The number of thiophene rings is 1. The van der Waals surface area contributed by atoms with E-state index in [0.29, 0.717) is 5.75 Å². The molecule has 0 saturated carbocycles. The smallest absolute Gasteiger partial charge is 0.176 e. The number of halogens is 1. The van der Waals surface area contributed by atoms with E-state index >= 15 is 0 Å². The molecule has 0 aliphatic heterocycles. The van der Waals surface area contributed by atoms with Crippen molar-refractivity contribution in [2.45, 2.75) is 0 Å². The third-order valence-electron chi connectivity index (χ3n) is 5.48. The number of benzene rings is 1. The Hall–Kier alpha value is -4.04. The summed E-state index contributed by atoms with van der Waals surface area (Å²) in [4.78, 5) is 12.9. The van der Waals surface area contributed by atoms with Crippen molar-refractivity contribution in [3.8, 4) is 38.7 Å². The Morgan fingerprint density at radius 1 is 0.875 bits per heavy atom. The van der Waals surface area contributed by atoms with Crippen LogP contribution in [0.2, 0.25) is 0 Å². The summed E-state index contributed by atoms with van der Waals surface area (Å²) in [5.74, 6) is 0.704. The number of hydrogen-bond acceptors (Lipinski definition) is 5. The summed E-state index contributed by atoms with van der Waals surface area (Å²) in [6, 6.07) is 13.4. The molecular formula is C24H16FN5OS. The van der Waals surface area contributed by atoms with Crippen LogP contribution < -0.4 is 4.74 Å². The van der Waals surface area contributed by atoms with Gasteiger partial charge in [-0.05, 0) is 42.0 Å². The Bertz CT molecular complexity index is 1600. The monoisotopic (exact) mass is 441 g/mol. The van der Waals surface area contributed by atoms with Gasteiger partial charge in [-0.3, -0.25) is 15.1 Å². The zero-order valence-electron chi connectivity index (χ0n) is 16.9. The molecule has 0 aliphatic rings. The molecule has 0 bridgehead atoms. The lowest BCUT2D eigenvalue weighted by atomic mass is 10.0. The Balaban J connectivity index is 1.49. The van der Waals surface area contributed by atoms with Crippen LogP contribution in [0, 0.1) is 5.13 Å². The van der Waals surface area contributed by atoms with Crippen LogP contribution in [-0.2, 0) is 0 Å². The zero-order chi connectivity index (χ0) is 21.7. The molecule has 6 nitrogen and oxygen atoms in total. The Kier molecular flexibility index (Phi) is 4.26. The van der Waals surface area contributed by atoms with Crippen LogP contribution >= 0.6 is 11.3 Å². The van der Waals surface area contributed by atoms with E-state index in [0.717, 1.165) is 66.1 Å². The largest absolute Gasteiger partial charge is 0.495 e. The van der Waals surface area contributed by atoms with Crippen LogP contribution in [0.15, 0.2) is 67.3 Å². The molecule has 0 saturated heterocycles. The van der Waals surface area contributed by atoms with Crippen molar-refractivity contribution in [2.75, 3.05) is 7.11 Å². The highest BCUT2D eigenvalue weighted by molar-refractivity contribution is 7.14. The summed E-state index contributed by atoms with van der Waals surface area (Å²) in [6.07, 6.45) is 7.03. The molecule has 32 heavy (non-hydrogen) atoms. The highest BCUT2D eigenvalue weighted by Crippen LogP contribution is 2.36. The molecular weight excluding hydrogens is 425 g/mol. The standard InChI is InChI=1S/C24H16FN5OS/c1-31-15-6-14(9-26-10-15)13-2-3-19-17(7-13)24(30-29-19)20-8-16-18(11-27-12-21(16)28-20)22-4-5-23(25)32-22/h2-12,28H,1H3,(H,29,30). The van der Waals surface area contributed by atoms with Crippen molar-refractivity contribution in [1.82, 2.24) is 25.1 Å². The quantitative estimate of drug-likeness (QED) is 0.349. The van der Waals surface area contributed by atoms with E-state index in [1.807, 2.05) is 30.5 Å². The number of methoxy groups -OCH3 is 1. The number of aromatic amines is 2. The predicted octanol–water partition coefficient (Wildman–Crippen LogP) is 6.04. The fourth-order valence-electron chi connectivity index (χ4n) is 3.92. The molecule has 0 spiro atoms. The molecule has 0 unspecified atom stereocenters. The van der Waals surface area contributed by atoms with E-state index in [9.17, 15) is 4.39 Å². The van der Waals surface area contributed by atoms with Crippen molar-refractivity contribution >= 4 is 33.1 Å². The average Bonchev–Trinajstić information content (AvgIpc) is 3.55. The fraction of sp³-hybridized carbons (Fsp3) is 0.0417. The van der Waals surface area contributed by atoms with Crippen molar-refractivity contribution in [3.05, 3.63) is 72.4 Å². The molecule has 8 heteroatoms. The van der Waals surface area contributed by atoms with E-state index in [2.05, 4.69) is 31.2 Å². The Morgan fingerprint density at radius 3 is 2.62 bits per heavy atom. The summed E-state index contributed by atoms with van der Waals surface area (Å²) in [6.45, 7) is 0. The first-order chi connectivity index (χ1) is 15.7. The third-order valence-corrected chi connectivity index (χ3v) is 6.39. The van der Waals surface area contributed by atoms with Gasteiger partial charge >= 0.3 is 0 Å². The molecule has 0 atom stereocenters. The number of fused-ring (bicyclic) bond motifs is 2. The second-order valence-electron chi connectivity index (χ2n) is 7.38. The lowest BCUT2D eigenvalue weighted by Gasteiger charge is -2.04. The molecule has 0 amide bonds. The molecule has 2 N–H and O–H groups in total. The van der Waals surface area contributed by atoms with Gasteiger partial charge in [0, 0.05) is 39.2 Å². The van der Waals surface area contributed by atoms with E-state index in [4.69, 9.17) is 4.74 Å². The summed E-state index contributed by atoms with van der Waals surface area (Å²) < 4.78 is 18.9. The number of aromatic nitrogens is 5. The van der Waals surface area contributed by atoms with Crippen molar-refractivity contribution in [3.63, 3.8) is 0 Å². The number of rotatable bonds is 4. The molecule has 5 aromatic heterocycles. The predicted molar refractivity (Wildman–Crippen MR) is 124 cm³/mol. The van der Waals surface area contributed by atoms with Gasteiger partial charge < -0.3 is 9.72 Å². The van der Waals surface area contributed by atoms with Crippen molar-refractivity contribution < 1.29 is 9.13 Å². The maximum Gasteiger partial charge on any atom is 0.176 e. The van der Waals surface area contributed by atoms with Gasteiger partial charge in [0.15, 0.2) is 5.13 Å².